The van der Waals surface area contributed by atoms with Gasteiger partial charge in [0.15, 0.2) is 0 Å². The van der Waals surface area contributed by atoms with Crippen molar-refractivity contribution in [3.63, 3.8) is 0 Å². The van der Waals surface area contributed by atoms with E-state index in [-0.39, 0.29) is 48.2 Å². The number of ketones is 1. The van der Waals surface area contributed by atoms with Gasteiger partial charge in [0.2, 0.25) is 24.1 Å². The number of nitrogens with zero attached hydrogens (tertiary/aromatic N) is 3. The van der Waals surface area contributed by atoms with E-state index in [0.29, 0.717) is 22.9 Å². The largest absolute Gasteiger partial charge is 0.420 e. The normalized spacial score (nSPS) is 22.8. The molecule has 3 unspecified atom stereocenters. The molecule has 5 nitrogen and oxygen atoms in total. The van der Waals surface area contributed by atoms with Gasteiger partial charge in [0.25, 0.3) is 0 Å². The van der Waals surface area contributed by atoms with Gasteiger partial charge in [0.05, 0.1) is 11.3 Å². The molecule has 6 rings (SSSR count). The van der Waals surface area contributed by atoms with Crippen LogP contribution in [0, 0.1) is 23.4 Å². The Hall–Kier alpha value is -4.35. The van der Waals surface area contributed by atoms with Crippen molar-refractivity contribution in [1.82, 2.24) is 4.98 Å². The second-order valence-electron chi connectivity index (χ2n) is 11.5. The average Bonchev–Trinajstić information content (AvgIpc) is 3.29. The Bertz CT molecular complexity index is 1750. The van der Waals surface area contributed by atoms with Crippen LogP contribution >= 0.6 is 0 Å². The molecule has 1 aliphatic heterocycles. The lowest BCUT2D eigenvalue weighted by molar-refractivity contribution is -0.535. The lowest BCUT2D eigenvalue weighted by Crippen LogP contribution is -2.32. The predicted octanol–water partition coefficient (Wildman–Crippen LogP) is 7.18. The van der Waals surface area contributed by atoms with E-state index < -0.39 is 65.1 Å². The fourth-order valence-electron chi connectivity index (χ4n) is 6.42. The van der Waals surface area contributed by atoms with E-state index in [9.17, 15) is 31.1 Å². The molecule has 3 aromatic rings. The number of aromatic nitrogens is 1. The Kier molecular flexibility index (Phi) is 7.21. The first-order valence-corrected chi connectivity index (χ1v) is 13.9. The lowest BCUT2D eigenvalue weighted by Gasteiger charge is -2.20. The number of allylic oxidation sites excluding steroid dienone is 1. The van der Waals surface area contributed by atoms with Crippen molar-refractivity contribution in [2.24, 2.45) is 16.8 Å². The van der Waals surface area contributed by atoms with Gasteiger partial charge in [-0.15, -0.1) is 0 Å². The maximum Gasteiger partial charge on any atom is 0.420 e. The summed E-state index contributed by atoms with van der Waals surface area (Å²) in [5.74, 6) is -4.16. The van der Waals surface area contributed by atoms with Gasteiger partial charge in [0.1, 0.15) is 23.1 Å². The van der Waals surface area contributed by atoms with Crippen LogP contribution in [0.15, 0.2) is 77.7 Å². The molecule has 1 saturated carbocycles. The van der Waals surface area contributed by atoms with Gasteiger partial charge in [-0.3, -0.25) is 9.78 Å². The average molecular weight is 616 g/mol. The number of rotatable bonds is 9. The third-order valence-corrected chi connectivity index (χ3v) is 8.43. The summed E-state index contributed by atoms with van der Waals surface area (Å²) in [6.45, 7) is 3.05. The molecule has 2 N–H and O–H groups in total. The van der Waals surface area contributed by atoms with Crippen LogP contribution in [-0.2, 0) is 11.2 Å². The Labute approximate surface area is 247 Å². The minimum Gasteiger partial charge on any atom is -0.399 e. The monoisotopic (exact) mass is 615 g/mol. The van der Waals surface area contributed by atoms with Crippen LogP contribution in [0.4, 0.5) is 30.7 Å². The van der Waals surface area contributed by atoms with Crippen molar-refractivity contribution < 1.29 is 40.2 Å². The lowest BCUT2D eigenvalue weighted by atomic mass is 9.86. The maximum atomic E-state index is 15.1. The zero-order valence-electron chi connectivity index (χ0n) is 23.1. The third-order valence-electron chi connectivity index (χ3n) is 8.43. The first-order valence-electron chi connectivity index (χ1n) is 13.9. The maximum absolute atomic E-state index is 15.1. The molecule has 2 aliphatic carbocycles. The van der Waals surface area contributed by atoms with E-state index in [1.807, 2.05) is 0 Å². The van der Waals surface area contributed by atoms with E-state index in [1.54, 1.807) is 12.1 Å². The van der Waals surface area contributed by atoms with E-state index >= 15 is 4.39 Å². The highest BCUT2D eigenvalue weighted by molar-refractivity contribution is 5.81. The molecule has 44 heavy (non-hydrogen) atoms. The molecule has 2 heterocycles. The number of fused-ring (bicyclic) bond motifs is 2. The quantitative estimate of drug-likeness (QED) is 0.205. The summed E-state index contributed by atoms with van der Waals surface area (Å²) in [7, 11) is 0. The molecule has 2 aromatic carbocycles. The van der Waals surface area contributed by atoms with Crippen molar-refractivity contribution >= 4 is 11.5 Å². The number of hydrogen-bond donors (Lipinski definition) is 1. The van der Waals surface area contributed by atoms with Crippen molar-refractivity contribution in [2.75, 3.05) is 6.54 Å². The summed E-state index contributed by atoms with van der Waals surface area (Å²) >= 11 is 0. The van der Waals surface area contributed by atoms with Gasteiger partial charge in [0, 0.05) is 53.8 Å². The highest BCUT2D eigenvalue weighted by Gasteiger charge is 2.73. The molecule has 1 aromatic heterocycles. The molecule has 0 amide bonds. The molecule has 4 atom stereocenters. The van der Waals surface area contributed by atoms with Crippen LogP contribution in [-0.4, -0.2) is 39.9 Å². The van der Waals surface area contributed by atoms with Gasteiger partial charge in [-0.1, -0.05) is 23.4 Å². The van der Waals surface area contributed by atoms with E-state index in [1.165, 1.54) is 24.4 Å². The Morgan fingerprint density at radius 2 is 1.84 bits per heavy atom. The molecule has 0 spiro atoms. The Balaban J connectivity index is 1.35. The van der Waals surface area contributed by atoms with Crippen LogP contribution in [0.5, 0.6) is 0 Å². The van der Waals surface area contributed by atoms with E-state index in [2.05, 4.69) is 16.7 Å². The predicted molar refractivity (Wildman–Crippen MR) is 146 cm³/mol. The van der Waals surface area contributed by atoms with Crippen molar-refractivity contribution in [3.05, 3.63) is 107 Å². The van der Waals surface area contributed by atoms with Crippen LogP contribution in [0.25, 0.3) is 16.8 Å². The fourth-order valence-corrected chi connectivity index (χ4v) is 6.42. The molecular weight excluding hydrogens is 589 g/mol. The number of Topliss-reactive ketones (excluding diaryl/α,β-unsaturated/α-hetero) is 1. The molecule has 3 aliphatic rings. The second kappa shape index (κ2) is 10.7. The van der Waals surface area contributed by atoms with Crippen molar-refractivity contribution in [2.45, 2.75) is 49.5 Å². The van der Waals surface area contributed by atoms with Gasteiger partial charge >= 0.3 is 6.18 Å². The minimum atomic E-state index is -4.81. The molecule has 1 fully saturated rings. The van der Waals surface area contributed by atoms with E-state index in [4.69, 9.17) is 5.73 Å². The number of azo groups is 2. The number of benzene rings is 2. The van der Waals surface area contributed by atoms with Crippen molar-refractivity contribution in [3.8, 4) is 11.1 Å². The number of carbonyl (C=O) groups is 1. The Morgan fingerprint density at radius 3 is 2.52 bits per heavy atom. The zero-order valence-corrected chi connectivity index (χ0v) is 23.1. The first-order chi connectivity index (χ1) is 20.7. The van der Waals surface area contributed by atoms with Crippen LogP contribution in [0.3, 0.4) is 0 Å². The number of carbonyl (C=O) groups excluding carboxylic acids is 1. The molecule has 228 valence electrons. The van der Waals surface area contributed by atoms with Gasteiger partial charge in [-0.2, -0.15) is 13.2 Å². The van der Waals surface area contributed by atoms with Gasteiger partial charge < -0.3 is 5.73 Å². The van der Waals surface area contributed by atoms with E-state index in [0.717, 1.165) is 16.8 Å². The third kappa shape index (κ3) is 5.41. The molecule has 0 radical (unpaired) electrons. The highest BCUT2D eigenvalue weighted by atomic mass is 19.4. The number of alkyl halides is 4. The standard InChI is InChI=1S/C32H26F7N4O/c1-16(40)25-11-18(4-5-26(25)35)24-3-2-6-41-29(24)19(7-17-8-21(33)13-22(34)9-17)10-23(44)15-43-27-12-20-14-31(20,36)28(27)30(42-43)32(37,38)39/h2-6,8-9,11,13,19-20,30H,1,7,10,12,14-15,40H2/q+1/t19-,20?,30?,31?/m1/s1. The molecule has 0 bridgehead atoms. The first kappa shape index (κ1) is 29.7. The Morgan fingerprint density at radius 1 is 1.11 bits per heavy atom. The van der Waals surface area contributed by atoms with Gasteiger partial charge in [-0.25, -0.2) is 17.6 Å². The highest BCUT2D eigenvalue weighted by Crippen LogP contribution is 2.65. The van der Waals surface area contributed by atoms with Crippen LogP contribution < -0.4 is 5.73 Å². The SMILES string of the molecule is C=C(N)c1cc(-c2cccnc2[C@@H](CC(=O)C[N+]2=NC(C(F)(F)F)C3=C2CC2CC32F)Cc2cc(F)cc(F)c2)ccc1F. The van der Waals surface area contributed by atoms with Crippen molar-refractivity contribution in [1.29, 1.82) is 0 Å². The summed E-state index contributed by atoms with van der Waals surface area (Å²) in [4.78, 5) is 18.0. The number of halogens is 7. The molecule has 0 saturated heterocycles. The summed E-state index contributed by atoms with van der Waals surface area (Å²) in [6.07, 6.45) is -3.65. The van der Waals surface area contributed by atoms with Gasteiger partial charge in [-0.05, 0) is 59.4 Å². The summed E-state index contributed by atoms with van der Waals surface area (Å²) in [5.41, 5.74) is 4.93. The number of pyridine rings is 1. The number of nitrogens with two attached hydrogens (primary N) is 1. The second-order valence-corrected chi connectivity index (χ2v) is 11.5. The minimum absolute atomic E-state index is 0.00699. The number of hydrogen-bond acceptors (Lipinski definition) is 4. The summed E-state index contributed by atoms with van der Waals surface area (Å²) < 4.78 is 100. The smallest absolute Gasteiger partial charge is 0.399 e. The topological polar surface area (TPSA) is 71.3 Å². The van der Waals surface area contributed by atoms with Crippen LogP contribution in [0.2, 0.25) is 0 Å². The fraction of sp³-hybridized carbons (Fsp3) is 0.312. The molecule has 12 heteroatoms. The summed E-state index contributed by atoms with van der Waals surface area (Å²) in [5, 5.41) is 3.70. The zero-order chi connectivity index (χ0) is 31.6. The van der Waals surface area contributed by atoms with Crippen LogP contribution in [0.1, 0.15) is 42.0 Å². The molecular formula is C32H26F7N4O+. The summed E-state index contributed by atoms with van der Waals surface area (Å²) in [6, 6.07) is 8.02.